The van der Waals surface area contributed by atoms with E-state index in [1.165, 1.54) is 23.5 Å². The van der Waals surface area contributed by atoms with Crippen molar-refractivity contribution in [1.82, 2.24) is 9.78 Å². The lowest BCUT2D eigenvalue weighted by molar-refractivity contribution is -0.119. The van der Waals surface area contributed by atoms with Crippen LogP contribution in [0.5, 0.6) is 0 Å². The maximum absolute atomic E-state index is 13.1. The van der Waals surface area contributed by atoms with Gasteiger partial charge in [-0.1, -0.05) is 29.8 Å². The Bertz CT molecular complexity index is 1250. The number of carbonyl (C=O) groups excluding carboxylic acids is 2. The molecule has 0 aliphatic heterocycles. The molecule has 30 heavy (non-hydrogen) atoms. The maximum Gasteiger partial charge on any atom is 0.348 e. The van der Waals surface area contributed by atoms with Crippen LogP contribution >= 0.6 is 22.9 Å². The Hall–Kier alpha value is -3.23. The molecule has 0 radical (unpaired) electrons. The fourth-order valence-electron chi connectivity index (χ4n) is 2.87. The molecule has 6 nitrogen and oxygen atoms in total. The lowest BCUT2D eigenvalue weighted by atomic mass is 10.3. The second-order valence-electron chi connectivity index (χ2n) is 6.41. The number of rotatable bonds is 5. The zero-order chi connectivity index (χ0) is 21.3. The number of benzene rings is 2. The number of nitrogens with zero attached hydrogens (tertiary/aromatic N) is 2. The number of hydrogen-bond acceptors (Lipinski definition) is 5. The molecule has 0 fully saturated rings. The van der Waals surface area contributed by atoms with E-state index in [1.54, 1.807) is 10.7 Å². The molecule has 152 valence electrons. The normalized spacial score (nSPS) is 10.9. The summed E-state index contributed by atoms with van der Waals surface area (Å²) >= 11 is 7.11. The van der Waals surface area contributed by atoms with E-state index in [9.17, 15) is 14.0 Å². The molecule has 0 saturated heterocycles. The van der Waals surface area contributed by atoms with Crippen molar-refractivity contribution < 1.29 is 18.7 Å². The van der Waals surface area contributed by atoms with Crippen molar-refractivity contribution in [3.63, 3.8) is 0 Å². The third-order valence-corrected chi connectivity index (χ3v) is 5.69. The minimum absolute atomic E-state index is 0.0557. The number of halogens is 2. The Labute approximate surface area is 179 Å². The highest BCUT2D eigenvalue weighted by molar-refractivity contribution is 7.20. The molecule has 1 N–H and O–H groups in total. The van der Waals surface area contributed by atoms with E-state index in [4.69, 9.17) is 16.3 Å². The van der Waals surface area contributed by atoms with Gasteiger partial charge in [0.25, 0.3) is 5.91 Å². The molecule has 0 aliphatic carbocycles. The largest absolute Gasteiger partial charge is 0.451 e. The number of anilines is 1. The number of amides is 1. The van der Waals surface area contributed by atoms with Crippen LogP contribution in [-0.2, 0) is 9.53 Å². The van der Waals surface area contributed by atoms with Crippen LogP contribution in [0, 0.1) is 12.7 Å². The lowest BCUT2D eigenvalue weighted by Gasteiger charge is -2.07. The van der Waals surface area contributed by atoms with E-state index in [2.05, 4.69) is 10.4 Å². The number of carbonyl (C=O) groups is 2. The highest BCUT2D eigenvalue weighted by Crippen LogP contribution is 2.30. The van der Waals surface area contributed by atoms with Gasteiger partial charge in [0.1, 0.15) is 15.5 Å². The summed E-state index contributed by atoms with van der Waals surface area (Å²) in [6.07, 6.45) is 0. The van der Waals surface area contributed by atoms with Crippen LogP contribution in [0.25, 0.3) is 15.9 Å². The average molecular weight is 444 g/mol. The van der Waals surface area contributed by atoms with Crippen LogP contribution < -0.4 is 5.32 Å². The number of aromatic nitrogens is 2. The van der Waals surface area contributed by atoms with Crippen molar-refractivity contribution in [2.24, 2.45) is 0 Å². The number of ether oxygens (including phenoxy) is 1. The summed E-state index contributed by atoms with van der Waals surface area (Å²) in [5.74, 6) is -1.71. The third kappa shape index (κ3) is 4.05. The number of thiophene rings is 1. The van der Waals surface area contributed by atoms with Crippen molar-refractivity contribution in [1.29, 1.82) is 0 Å². The van der Waals surface area contributed by atoms with Crippen LogP contribution in [-0.4, -0.2) is 28.3 Å². The van der Waals surface area contributed by atoms with Gasteiger partial charge in [-0.3, -0.25) is 4.79 Å². The van der Waals surface area contributed by atoms with Crippen molar-refractivity contribution in [2.75, 3.05) is 11.9 Å². The number of esters is 1. The summed E-state index contributed by atoms with van der Waals surface area (Å²) < 4.78 is 20.0. The first kappa shape index (κ1) is 20.1. The van der Waals surface area contributed by atoms with Crippen molar-refractivity contribution in [3.8, 4) is 5.69 Å². The van der Waals surface area contributed by atoms with E-state index in [-0.39, 0.29) is 10.7 Å². The Morgan fingerprint density at radius 1 is 1.20 bits per heavy atom. The monoisotopic (exact) mass is 443 g/mol. The molecule has 4 rings (SSSR count). The van der Waals surface area contributed by atoms with Gasteiger partial charge in [-0.25, -0.2) is 13.9 Å². The summed E-state index contributed by atoms with van der Waals surface area (Å²) in [5.41, 5.74) is 1.90. The molecule has 0 spiro atoms. The van der Waals surface area contributed by atoms with Gasteiger partial charge in [0.15, 0.2) is 6.61 Å². The smallest absolute Gasteiger partial charge is 0.348 e. The summed E-state index contributed by atoms with van der Waals surface area (Å²) in [6.45, 7) is 1.37. The highest BCUT2D eigenvalue weighted by Gasteiger charge is 2.19. The van der Waals surface area contributed by atoms with Gasteiger partial charge in [0.05, 0.1) is 22.1 Å². The van der Waals surface area contributed by atoms with Gasteiger partial charge in [-0.05, 0) is 43.3 Å². The van der Waals surface area contributed by atoms with Crippen LogP contribution in [0.15, 0.2) is 54.6 Å². The molecule has 2 aromatic heterocycles. The summed E-state index contributed by atoms with van der Waals surface area (Å²) in [7, 11) is 0. The molecule has 0 unspecified atom stereocenters. The fraction of sp³-hybridized carbons (Fsp3) is 0.0952. The molecule has 1 amide bonds. The molecule has 4 aromatic rings. The first-order chi connectivity index (χ1) is 14.4. The fourth-order valence-corrected chi connectivity index (χ4v) is 4.16. The zero-order valence-electron chi connectivity index (χ0n) is 15.7. The molecular weight excluding hydrogens is 429 g/mol. The molecule has 0 atom stereocenters. The van der Waals surface area contributed by atoms with Crippen LogP contribution in [0.3, 0.4) is 0 Å². The topological polar surface area (TPSA) is 73.2 Å². The van der Waals surface area contributed by atoms with Gasteiger partial charge in [0.2, 0.25) is 0 Å². The minimum atomic E-state index is -0.615. The minimum Gasteiger partial charge on any atom is -0.451 e. The van der Waals surface area contributed by atoms with Crippen molar-refractivity contribution in [3.05, 3.63) is 76.0 Å². The van der Waals surface area contributed by atoms with Gasteiger partial charge in [-0.2, -0.15) is 5.10 Å². The molecule has 9 heteroatoms. The van der Waals surface area contributed by atoms with Gasteiger partial charge >= 0.3 is 5.97 Å². The quantitative estimate of drug-likeness (QED) is 0.441. The second kappa shape index (κ2) is 8.25. The van der Waals surface area contributed by atoms with E-state index in [0.717, 1.165) is 27.7 Å². The average Bonchev–Trinajstić information content (AvgIpc) is 3.30. The zero-order valence-corrected chi connectivity index (χ0v) is 17.3. The Kier molecular flexibility index (Phi) is 5.52. The number of para-hydroxylation sites is 1. The van der Waals surface area contributed by atoms with E-state index >= 15 is 0 Å². The number of fused-ring (bicyclic) bond motifs is 1. The van der Waals surface area contributed by atoms with E-state index in [1.807, 2.05) is 37.3 Å². The molecule has 0 saturated carbocycles. The SMILES string of the molecule is Cc1nn(-c2ccccc2)c2sc(C(=O)OCC(=O)Nc3ccc(F)cc3Cl)cc12. The molecule has 0 bridgehead atoms. The van der Waals surface area contributed by atoms with Gasteiger partial charge in [0, 0.05) is 5.39 Å². The number of hydrogen-bond donors (Lipinski definition) is 1. The molecule has 2 aromatic carbocycles. The first-order valence-corrected chi connectivity index (χ1v) is 10.1. The van der Waals surface area contributed by atoms with E-state index < -0.39 is 24.3 Å². The Morgan fingerprint density at radius 3 is 2.70 bits per heavy atom. The molecule has 0 aliphatic rings. The molecular formula is C21H15ClFN3O3S. The first-order valence-electron chi connectivity index (χ1n) is 8.89. The predicted molar refractivity (Wildman–Crippen MR) is 114 cm³/mol. The van der Waals surface area contributed by atoms with Crippen molar-refractivity contribution >= 4 is 50.7 Å². The predicted octanol–water partition coefficient (Wildman–Crippen LogP) is 4.98. The van der Waals surface area contributed by atoms with Gasteiger partial charge in [-0.15, -0.1) is 11.3 Å². The van der Waals surface area contributed by atoms with Crippen LogP contribution in [0.4, 0.5) is 10.1 Å². The summed E-state index contributed by atoms with van der Waals surface area (Å²) in [4.78, 5) is 25.7. The standard InChI is InChI=1S/C21H15ClFN3O3S/c1-12-15-10-18(30-20(15)26(25-12)14-5-3-2-4-6-14)21(28)29-11-19(27)24-17-8-7-13(23)9-16(17)22/h2-10H,11H2,1H3,(H,24,27). The van der Waals surface area contributed by atoms with Crippen LogP contribution in [0.1, 0.15) is 15.4 Å². The summed E-state index contributed by atoms with van der Waals surface area (Å²) in [5, 5.41) is 7.91. The Morgan fingerprint density at radius 2 is 1.97 bits per heavy atom. The van der Waals surface area contributed by atoms with E-state index in [0.29, 0.717) is 4.88 Å². The lowest BCUT2D eigenvalue weighted by Crippen LogP contribution is -2.20. The van der Waals surface area contributed by atoms with Crippen molar-refractivity contribution in [2.45, 2.75) is 6.92 Å². The number of aryl methyl sites for hydroxylation is 1. The second-order valence-corrected chi connectivity index (χ2v) is 7.85. The Balaban J connectivity index is 1.46. The summed E-state index contributed by atoms with van der Waals surface area (Å²) in [6, 6.07) is 14.9. The molecule has 2 heterocycles. The van der Waals surface area contributed by atoms with Gasteiger partial charge < -0.3 is 10.1 Å². The number of nitrogens with one attached hydrogen (secondary N) is 1. The maximum atomic E-state index is 13.1. The highest BCUT2D eigenvalue weighted by atomic mass is 35.5. The van der Waals surface area contributed by atoms with Crippen LogP contribution in [0.2, 0.25) is 5.02 Å². The third-order valence-electron chi connectivity index (χ3n) is 4.29.